The molecule has 7 heteroatoms. The fraction of sp³-hybridized carbons (Fsp3) is 0.348. The van der Waals surface area contributed by atoms with Gasteiger partial charge in [0.1, 0.15) is 11.6 Å². The van der Waals surface area contributed by atoms with Gasteiger partial charge in [0, 0.05) is 43.6 Å². The number of benzene rings is 1. The number of likely N-dealkylation sites (tertiary alicyclic amines) is 1. The molecule has 0 amide bonds. The number of halogens is 2. The van der Waals surface area contributed by atoms with Gasteiger partial charge in [-0.3, -0.25) is 9.88 Å². The molecule has 0 spiro atoms. The maximum Gasteiger partial charge on any atom is 0.148 e. The normalized spacial score (nSPS) is 23.5. The summed E-state index contributed by atoms with van der Waals surface area (Å²) in [6.45, 7) is 3.26. The molecule has 1 aliphatic heterocycles. The molecule has 30 heavy (non-hydrogen) atoms. The first kappa shape index (κ1) is 19.4. The third kappa shape index (κ3) is 4.16. The van der Waals surface area contributed by atoms with Crippen LogP contribution in [0.5, 0.6) is 0 Å². The maximum atomic E-state index is 13.5. The zero-order valence-corrected chi connectivity index (χ0v) is 17.3. The van der Waals surface area contributed by atoms with Gasteiger partial charge in [-0.25, -0.2) is 4.39 Å². The highest BCUT2D eigenvalue weighted by Crippen LogP contribution is 2.39. The fourth-order valence-electron chi connectivity index (χ4n) is 4.85. The largest absolute Gasteiger partial charge is 0.366 e. The number of hydrogen-bond acceptors (Lipinski definition) is 5. The number of anilines is 1. The van der Waals surface area contributed by atoms with E-state index in [0.717, 1.165) is 50.1 Å². The van der Waals surface area contributed by atoms with Crippen molar-refractivity contribution in [3.05, 3.63) is 71.3 Å². The summed E-state index contributed by atoms with van der Waals surface area (Å²) in [6.07, 6.45) is 6.07. The number of pyridine rings is 1. The zero-order chi connectivity index (χ0) is 20.5. The molecule has 3 atom stereocenters. The number of nitrogens with zero attached hydrogens (tertiary/aromatic N) is 4. The fourth-order valence-corrected chi connectivity index (χ4v) is 5.06. The number of fused-ring (bicyclic) bond motifs is 1. The predicted molar refractivity (Wildman–Crippen MR) is 116 cm³/mol. The van der Waals surface area contributed by atoms with Crippen LogP contribution < -0.4 is 5.32 Å². The van der Waals surface area contributed by atoms with Gasteiger partial charge in [-0.2, -0.15) is 0 Å². The average molecular weight is 424 g/mol. The van der Waals surface area contributed by atoms with Crippen molar-refractivity contribution in [1.29, 1.82) is 0 Å². The lowest BCUT2D eigenvalue weighted by Gasteiger charge is -2.19. The lowest BCUT2D eigenvalue weighted by atomic mass is 10.0. The van der Waals surface area contributed by atoms with Gasteiger partial charge >= 0.3 is 0 Å². The van der Waals surface area contributed by atoms with Crippen molar-refractivity contribution in [2.45, 2.75) is 25.4 Å². The Morgan fingerprint density at radius 3 is 2.60 bits per heavy atom. The monoisotopic (exact) mass is 423 g/mol. The lowest BCUT2D eigenvalue weighted by Crippen LogP contribution is -2.25. The molecule has 5 rings (SSSR count). The topological polar surface area (TPSA) is 53.9 Å². The van der Waals surface area contributed by atoms with E-state index < -0.39 is 0 Å². The van der Waals surface area contributed by atoms with Crippen molar-refractivity contribution >= 4 is 17.4 Å². The molecule has 0 bridgehead atoms. The molecule has 2 aromatic heterocycles. The van der Waals surface area contributed by atoms with E-state index in [1.54, 1.807) is 0 Å². The Labute approximate surface area is 180 Å². The first-order chi connectivity index (χ1) is 14.6. The van der Waals surface area contributed by atoms with Crippen LogP contribution in [0, 0.1) is 17.7 Å². The summed E-state index contributed by atoms with van der Waals surface area (Å²) in [7, 11) is 0. The smallest absolute Gasteiger partial charge is 0.148 e. The predicted octanol–water partition coefficient (Wildman–Crippen LogP) is 4.65. The Bertz CT molecular complexity index is 1000. The van der Waals surface area contributed by atoms with Crippen molar-refractivity contribution in [2.24, 2.45) is 11.8 Å². The summed E-state index contributed by atoms with van der Waals surface area (Å²) in [4.78, 5) is 6.76. The van der Waals surface area contributed by atoms with Crippen LogP contribution in [0.4, 0.5) is 10.2 Å². The van der Waals surface area contributed by atoms with Crippen molar-refractivity contribution in [1.82, 2.24) is 20.1 Å². The van der Waals surface area contributed by atoms with Crippen molar-refractivity contribution in [2.75, 3.05) is 18.4 Å². The third-order valence-corrected chi connectivity index (χ3v) is 6.51. The summed E-state index contributed by atoms with van der Waals surface area (Å²) in [6, 6.07) is 12.5. The molecule has 0 unspecified atom stereocenters. The second kappa shape index (κ2) is 8.28. The van der Waals surface area contributed by atoms with Crippen LogP contribution in [0.2, 0.25) is 5.02 Å². The van der Waals surface area contributed by atoms with Crippen LogP contribution >= 0.6 is 11.6 Å². The molecule has 1 aromatic carbocycles. The summed E-state index contributed by atoms with van der Waals surface area (Å²) < 4.78 is 13.5. The van der Waals surface area contributed by atoms with Gasteiger partial charge in [0.15, 0.2) is 0 Å². The molecule has 1 N–H and O–H groups in total. The lowest BCUT2D eigenvalue weighted by molar-refractivity contribution is 0.300. The molecule has 2 aliphatic rings. The highest BCUT2D eigenvalue weighted by Gasteiger charge is 2.40. The molecule has 3 heterocycles. The van der Waals surface area contributed by atoms with Crippen molar-refractivity contribution in [3.8, 4) is 11.3 Å². The van der Waals surface area contributed by atoms with Gasteiger partial charge in [0.05, 0.1) is 10.7 Å². The Kier molecular flexibility index (Phi) is 5.35. The Balaban J connectivity index is 1.17. The van der Waals surface area contributed by atoms with Gasteiger partial charge in [-0.15, -0.1) is 10.2 Å². The second-order valence-corrected chi connectivity index (χ2v) is 8.72. The van der Waals surface area contributed by atoms with E-state index in [1.165, 1.54) is 23.8 Å². The third-order valence-electron chi connectivity index (χ3n) is 6.18. The highest BCUT2D eigenvalue weighted by molar-refractivity contribution is 6.33. The van der Waals surface area contributed by atoms with Gasteiger partial charge in [-0.05, 0) is 66.6 Å². The molecule has 0 radical (unpaired) electrons. The van der Waals surface area contributed by atoms with E-state index >= 15 is 0 Å². The van der Waals surface area contributed by atoms with E-state index in [2.05, 4.69) is 31.5 Å². The Morgan fingerprint density at radius 1 is 1.07 bits per heavy atom. The summed E-state index contributed by atoms with van der Waals surface area (Å²) >= 11 is 6.17. The molecule has 1 aliphatic carbocycles. The summed E-state index contributed by atoms with van der Waals surface area (Å²) in [5, 5.41) is 12.5. The maximum absolute atomic E-state index is 13.5. The minimum Gasteiger partial charge on any atom is -0.366 e. The molecule has 1 saturated heterocycles. The number of aromatic nitrogens is 3. The van der Waals surface area contributed by atoms with E-state index in [4.69, 9.17) is 11.6 Å². The van der Waals surface area contributed by atoms with E-state index in [9.17, 15) is 4.39 Å². The van der Waals surface area contributed by atoms with Gasteiger partial charge in [0.25, 0.3) is 0 Å². The number of nitrogens with one attached hydrogen (secondary N) is 1. The van der Waals surface area contributed by atoms with Crippen molar-refractivity contribution < 1.29 is 4.39 Å². The quantitative estimate of drug-likeness (QED) is 0.647. The highest BCUT2D eigenvalue weighted by atomic mass is 35.5. The van der Waals surface area contributed by atoms with Crippen LogP contribution in [-0.2, 0) is 6.54 Å². The minimum absolute atomic E-state index is 0.339. The average Bonchev–Trinajstić information content (AvgIpc) is 3.29. The molecule has 1 saturated carbocycles. The van der Waals surface area contributed by atoms with Crippen LogP contribution in [0.15, 0.2) is 54.9 Å². The van der Waals surface area contributed by atoms with Gasteiger partial charge in [0.2, 0.25) is 0 Å². The van der Waals surface area contributed by atoms with Crippen LogP contribution in [-0.4, -0.2) is 39.2 Å². The molecule has 5 nitrogen and oxygen atoms in total. The van der Waals surface area contributed by atoms with Crippen LogP contribution in [0.3, 0.4) is 0 Å². The SMILES string of the molecule is Fc1ccc(Cl)c(-c2ccc(N[C@H]3C[C@@H]4CN(Cc5cccnc5)C[C@@H]4C3)nn2)c1. The van der Waals surface area contributed by atoms with Gasteiger partial charge in [-0.1, -0.05) is 17.7 Å². The molecular weight excluding hydrogens is 401 g/mol. The van der Waals surface area contributed by atoms with Crippen LogP contribution in [0.25, 0.3) is 11.3 Å². The summed E-state index contributed by atoms with van der Waals surface area (Å²) in [5.41, 5.74) is 2.40. The van der Waals surface area contributed by atoms with E-state index in [-0.39, 0.29) is 5.82 Å². The Morgan fingerprint density at radius 2 is 1.90 bits per heavy atom. The molecule has 2 fully saturated rings. The number of rotatable bonds is 5. The summed E-state index contributed by atoms with van der Waals surface area (Å²) in [5.74, 6) is 1.85. The zero-order valence-electron chi connectivity index (χ0n) is 16.5. The standard InChI is InChI=1S/C23H23ClFN5/c24-21-4-3-18(25)10-20(21)22-5-6-23(29-28-22)27-19-8-16-13-30(14-17(16)9-19)12-15-2-1-7-26-11-15/h1-7,10-11,16-17,19H,8-9,12-14H2,(H,27,29)/t16-,17+,19+. The molecule has 3 aromatic rings. The van der Waals surface area contributed by atoms with E-state index in [0.29, 0.717) is 22.3 Å². The van der Waals surface area contributed by atoms with E-state index in [1.807, 2.05) is 30.6 Å². The number of hydrogen-bond donors (Lipinski definition) is 1. The minimum atomic E-state index is -0.339. The molecule has 154 valence electrons. The first-order valence-electron chi connectivity index (χ1n) is 10.3. The van der Waals surface area contributed by atoms with Crippen molar-refractivity contribution in [3.63, 3.8) is 0 Å². The Hall–Kier alpha value is -2.57. The van der Waals surface area contributed by atoms with Gasteiger partial charge < -0.3 is 5.32 Å². The first-order valence-corrected chi connectivity index (χ1v) is 10.7. The van der Waals surface area contributed by atoms with Crippen LogP contribution in [0.1, 0.15) is 18.4 Å². The second-order valence-electron chi connectivity index (χ2n) is 8.32. The molecular formula is C23H23ClFN5.